The molecule has 0 N–H and O–H groups in total. The highest BCUT2D eigenvalue weighted by atomic mass is 16.5. The average molecular weight is 426 g/mol. The van der Waals surface area contributed by atoms with Gasteiger partial charge in [0.25, 0.3) is 0 Å². The molecule has 0 radical (unpaired) electrons. The number of ether oxygens (including phenoxy) is 1. The molecule has 3 aromatic carbocycles. The second kappa shape index (κ2) is 9.70. The monoisotopic (exact) mass is 425 g/mol. The van der Waals surface area contributed by atoms with Crippen LogP contribution in [0.2, 0.25) is 0 Å². The lowest BCUT2D eigenvalue weighted by Gasteiger charge is -2.38. The largest absolute Gasteiger partial charge is 0.461 e. The summed E-state index contributed by atoms with van der Waals surface area (Å²) in [4.78, 5) is 16.1. The summed E-state index contributed by atoms with van der Waals surface area (Å²) in [5, 5.41) is 0. The van der Waals surface area contributed by atoms with Gasteiger partial charge in [0, 0.05) is 31.5 Å². The summed E-state index contributed by atoms with van der Waals surface area (Å²) < 4.78 is 6.29. The van der Waals surface area contributed by atoms with Gasteiger partial charge in [0.15, 0.2) is 0 Å². The molecular formula is C29H31NO2. The lowest BCUT2D eigenvalue weighted by atomic mass is 9.90. The predicted molar refractivity (Wildman–Crippen MR) is 127 cm³/mol. The minimum atomic E-state index is -0.368. The summed E-state index contributed by atoms with van der Waals surface area (Å²) in [5.41, 5.74) is 3.38. The minimum absolute atomic E-state index is 0.0467. The molecule has 2 bridgehead atoms. The summed E-state index contributed by atoms with van der Waals surface area (Å²) in [6, 6.07) is 30.8. The average Bonchev–Trinajstić information content (AvgIpc) is 3.07. The third-order valence-electron chi connectivity index (χ3n) is 7.14. The number of hydrogen-bond donors (Lipinski definition) is 0. The molecule has 1 heterocycles. The molecule has 3 aromatic rings. The number of fused-ring (bicyclic) bond motifs is 2. The quantitative estimate of drug-likeness (QED) is 0.480. The lowest BCUT2D eigenvalue weighted by molar-refractivity contribution is -0.157. The van der Waals surface area contributed by atoms with Crippen LogP contribution in [-0.2, 0) is 16.0 Å². The second-order valence-corrected chi connectivity index (χ2v) is 9.25. The number of esters is 1. The van der Waals surface area contributed by atoms with Crippen LogP contribution in [0.3, 0.4) is 0 Å². The molecule has 5 rings (SSSR count). The molecule has 0 aromatic heterocycles. The Morgan fingerprint density at radius 3 is 1.81 bits per heavy atom. The second-order valence-electron chi connectivity index (χ2n) is 9.25. The zero-order valence-corrected chi connectivity index (χ0v) is 18.5. The zero-order valence-electron chi connectivity index (χ0n) is 18.5. The minimum Gasteiger partial charge on any atom is -0.461 e. The van der Waals surface area contributed by atoms with Crippen LogP contribution >= 0.6 is 0 Å². The van der Waals surface area contributed by atoms with Crippen LogP contribution < -0.4 is 0 Å². The van der Waals surface area contributed by atoms with E-state index in [2.05, 4.69) is 35.2 Å². The van der Waals surface area contributed by atoms with E-state index in [1.165, 1.54) is 5.56 Å². The summed E-state index contributed by atoms with van der Waals surface area (Å²) in [7, 11) is 0. The highest BCUT2D eigenvalue weighted by molar-refractivity contribution is 5.82. The maximum Gasteiger partial charge on any atom is 0.318 e. The molecule has 3 heteroatoms. The molecule has 3 atom stereocenters. The van der Waals surface area contributed by atoms with E-state index in [1.54, 1.807) is 0 Å². The van der Waals surface area contributed by atoms with Crippen molar-refractivity contribution in [1.82, 2.24) is 4.90 Å². The Hall–Kier alpha value is -2.91. The SMILES string of the molecule is O=C(OC1[C@@H]2CC[C@H]1CN(CCc1ccccc1)C2)C(c1ccccc1)c1ccccc1. The van der Waals surface area contributed by atoms with Crippen LogP contribution in [0.5, 0.6) is 0 Å². The van der Waals surface area contributed by atoms with E-state index in [9.17, 15) is 4.79 Å². The Balaban J connectivity index is 1.26. The topological polar surface area (TPSA) is 29.5 Å². The number of piperidine rings is 1. The Kier molecular flexibility index (Phi) is 6.36. The van der Waals surface area contributed by atoms with Crippen molar-refractivity contribution in [2.75, 3.05) is 19.6 Å². The van der Waals surface area contributed by atoms with Crippen molar-refractivity contribution in [3.8, 4) is 0 Å². The molecule has 1 aliphatic heterocycles. The van der Waals surface area contributed by atoms with Crippen LogP contribution in [0.25, 0.3) is 0 Å². The Morgan fingerprint density at radius 1 is 0.781 bits per heavy atom. The predicted octanol–water partition coefficient (Wildman–Crippen LogP) is 5.31. The number of benzene rings is 3. The van der Waals surface area contributed by atoms with Crippen LogP contribution in [0.4, 0.5) is 0 Å². The smallest absolute Gasteiger partial charge is 0.318 e. The van der Waals surface area contributed by atoms with Crippen molar-refractivity contribution in [3.63, 3.8) is 0 Å². The third-order valence-corrected chi connectivity index (χ3v) is 7.14. The molecule has 1 aliphatic carbocycles. The van der Waals surface area contributed by atoms with Crippen molar-refractivity contribution in [3.05, 3.63) is 108 Å². The van der Waals surface area contributed by atoms with Crippen molar-refractivity contribution in [1.29, 1.82) is 0 Å². The molecule has 32 heavy (non-hydrogen) atoms. The van der Waals surface area contributed by atoms with Gasteiger partial charge in [-0.15, -0.1) is 0 Å². The first-order chi connectivity index (χ1) is 15.8. The highest BCUT2D eigenvalue weighted by Crippen LogP contribution is 2.40. The summed E-state index contributed by atoms with van der Waals surface area (Å²) in [6.07, 6.45) is 3.44. The number of carbonyl (C=O) groups is 1. The van der Waals surface area contributed by atoms with E-state index < -0.39 is 0 Å². The molecule has 0 spiro atoms. The number of carbonyl (C=O) groups excluding carboxylic acids is 1. The molecule has 1 unspecified atom stereocenters. The Morgan fingerprint density at radius 2 is 1.28 bits per heavy atom. The molecule has 2 fully saturated rings. The van der Waals surface area contributed by atoms with E-state index in [-0.39, 0.29) is 18.0 Å². The fourth-order valence-electron chi connectivity index (χ4n) is 5.53. The van der Waals surface area contributed by atoms with E-state index in [4.69, 9.17) is 4.74 Å². The summed E-state index contributed by atoms with van der Waals surface area (Å²) in [5.74, 6) is 0.413. The van der Waals surface area contributed by atoms with Crippen molar-refractivity contribution < 1.29 is 9.53 Å². The molecule has 2 aliphatic rings. The van der Waals surface area contributed by atoms with Gasteiger partial charge in [-0.1, -0.05) is 91.0 Å². The van der Waals surface area contributed by atoms with Gasteiger partial charge in [-0.2, -0.15) is 0 Å². The van der Waals surface area contributed by atoms with Crippen LogP contribution in [0, 0.1) is 11.8 Å². The Bertz CT molecular complexity index is 952. The molecule has 164 valence electrons. The zero-order chi connectivity index (χ0) is 21.8. The molecule has 1 saturated carbocycles. The van der Waals surface area contributed by atoms with Gasteiger partial charge in [0.05, 0.1) is 0 Å². The first-order valence-electron chi connectivity index (χ1n) is 11.8. The van der Waals surface area contributed by atoms with Gasteiger partial charge in [-0.05, 0) is 36.0 Å². The van der Waals surface area contributed by atoms with E-state index >= 15 is 0 Å². The fourth-order valence-corrected chi connectivity index (χ4v) is 5.53. The summed E-state index contributed by atoms with van der Waals surface area (Å²) in [6.45, 7) is 3.14. The summed E-state index contributed by atoms with van der Waals surface area (Å²) >= 11 is 0. The van der Waals surface area contributed by atoms with Gasteiger partial charge >= 0.3 is 5.97 Å². The van der Waals surface area contributed by atoms with Crippen molar-refractivity contribution >= 4 is 5.97 Å². The normalized spacial score (nSPS) is 22.7. The van der Waals surface area contributed by atoms with Crippen molar-refractivity contribution in [2.45, 2.75) is 31.3 Å². The van der Waals surface area contributed by atoms with Gasteiger partial charge < -0.3 is 9.64 Å². The Labute approximate surface area is 191 Å². The van der Waals surface area contributed by atoms with Gasteiger partial charge in [0.1, 0.15) is 12.0 Å². The van der Waals surface area contributed by atoms with Crippen LogP contribution in [-0.4, -0.2) is 36.6 Å². The standard InChI is InChI=1S/C29H31NO2/c31-29(27(23-12-6-2-7-13-23)24-14-8-3-9-15-24)32-28-25-16-17-26(28)21-30(20-25)19-18-22-10-4-1-5-11-22/h1-15,25-28H,16-21H2/t25-,26+,28?. The fraction of sp³-hybridized carbons (Fsp3) is 0.345. The number of hydrogen-bond acceptors (Lipinski definition) is 3. The van der Waals surface area contributed by atoms with Gasteiger partial charge in [-0.25, -0.2) is 0 Å². The first kappa shape index (κ1) is 21.0. The van der Waals surface area contributed by atoms with Gasteiger partial charge in [-0.3, -0.25) is 4.79 Å². The molecule has 1 saturated heterocycles. The van der Waals surface area contributed by atoms with Crippen molar-refractivity contribution in [2.24, 2.45) is 11.8 Å². The lowest BCUT2D eigenvalue weighted by Crippen LogP contribution is -2.47. The van der Waals surface area contributed by atoms with Crippen LogP contribution in [0.1, 0.15) is 35.4 Å². The molecule has 3 nitrogen and oxygen atoms in total. The van der Waals surface area contributed by atoms with E-state index in [0.29, 0.717) is 11.8 Å². The maximum absolute atomic E-state index is 13.5. The number of nitrogens with zero attached hydrogens (tertiary/aromatic N) is 1. The first-order valence-corrected chi connectivity index (χ1v) is 11.8. The van der Waals surface area contributed by atoms with Gasteiger partial charge in [0.2, 0.25) is 0 Å². The third kappa shape index (κ3) is 4.63. The van der Waals surface area contributed by atoms with Crippen LogP contribution in [0.15, 0.2) is 91.0 Å². The number of likely N-dealkylation sites (tertiary alicyclic amines) is 1. The van der Waals surface area contributed by atoms with E-state index in [1.807, 2.05) is 60.7 Å². The highest BCUT2D eigenvalue weighted by Gasteiger charge is 2.45. The number of rotatable bonds is 7. The maximum atomic E-state index is 13.5. The molecule has 0 amide bonds. The molecular weight excluding hydrogens is 394 g/mol. The van der Waals surface area contributed by atoms with E-state index in [0.717, 1.165) is 50.0 Å².